The number of rotatable bonds is 4. The summed E-state index contributed by atoms with van der Waals surface area (Å²) >= 11 is 0. The van der Waals surface area contributed by atoms with E-state index >= 15 is 0 Å². The van der Waals surface area contributed by atoms with Gasteiger partial charge in [0.1, 0.15) is 5.82 Å². The van der Waals surface area contributed by atoms with Crippen LogP contribution in [0, 0.1) is 5.82 Å². The summed E-state index contributed by atoms with van der Waals surface area (Å²) in [5.74, 6) is -0.141. The molecule has 1 aromatic carbocycles. The molecular formula is C14H21FN2O. The molecule has 3 nitrogen and oxygen atoms in total. The molecule has 18 heavy (non-hydrogen) atoms. The summed E-state index contributed by atoms with van der Waals surface area (Å²) in [7, 11) is 1.88. The molecule has 2 rings (SSSR count). The van der Waals surface area contributed by atoms with Crippen LogP contribution in [0.4, 0.5) is 4.39 Å². The molecule has 100 valence electrons. The molecule has 1 saturated heterocycles. The quantitative estimate of drug-likeness (QED) is 0.884. The highest BCUT2D eigenvalue weighted by Gasteiger charge is 2.21. The van der Waals surface area contributed by atoms with E-state index in [4.69, 9.17) is 4.74 Å². The largest absolute Gasteiger partial charge is 0.376 e. The summed E-state index contributed by atoms with van der Waals surface area (Å²) < 4.78 is 19.3. The molecule has 1 aromatic rings. The van der Waals surface area contributed by atoms with Crippen LogP contribution in [0.15, 0.2) is 24.3 Å². The van der Waals surface area contributed by atoms with Gasteiger partial charge in [-0.2, -0.15) is 0 Å². The molecule has 0 aliphatic carbocycles. The first-order chi connectivity index (χ1) is 8.70. The van der Waals surface area contributed by atoms with Crippen molar-refractivity contribution in [2.24, 2.45) is 0 Å². The number of nitrogens with zero attached hydrogens (tertiary/aromatic N) is 1. The van der Waals surface area contributed by atoms with Crippen LogP contribution in [0.3, 0.4) is 0 Å². The Hall–Kier alpha value is -0.970. The van der Waals surface area contributed by atoms with Crippen LogP contribution in [-0.2, 0) is 4.74 Å². The number of ether oxygens (including phenoxy) is 1. The van der Waals surface area contributed by atoms with E-state index in [1.165, 1.54) is 6.07 Å². The molecule has 1 aliphatic heterocycles. The van der Waals surface area contributed by atoms with Crippen LogP contribution in [0.1, 0.15) is 18.5 Å². The summed E-state index contributed by atoms with van der Waals surface area (Å²) in [5.41, 5.74) is 0.735. The number of hydrogen-bond donors (Lipinski definition) is 1. The second-order valence-corrected chi connectivity index (χ2v) is 4.80. The predicted molar refractivity (Wildman–Crippen MR) is 70.1 cm³/mol. The lowest BCUT2D eigenvalue weighted by atomic mass is 10.1. The Bertz CT molecular complexity index is 386. The highest BCUT2D eigenvalue weighted by molar-refractivity contribution is 5.21. The fourth-order valence-corrected chi connectivity index (χ4v) is 2.42. The van der Waals surface area contributed by atoms with Crippen molar-refractivity contribution in [1.82, 2.24) is 10.2 Å². The van der Waals surface area contributed by atoms with Gasteiger partial charge in [0.2, 0.25) is 0 Å². The number of benzene rings is 1. The summed E-state index contributed by atoms with van der Waals surface area (Å²) in [6, 6.07) is 6.99. The lowest BCUT2D eigenvalue weighted by molar-refractivity contribution is -0.0209. The molecule has 1 aliphatic rings. The second-order valence-electron chi connectivity index (χ2n) is 4.80. The molecule has 1 heterocycles. The van der Waals surface area contributed by atoms with Gasteiger partial charge in [0.25, 0.3) is 0 Å². The minimum atomic E-state index is -0.141. The zero-order valence-electron chi connectivity index (χ0n) is 11.0. The van der Waals surface area contributed by atoms with Crippen LogP contribution >= 0.6 is 0 Å². The van der Waals surface area contributed by atoms with E-state index in [9.17, 15) is 4.39 Å². The molecule has 2 unspecified atom stereocenters. The predicted octanol–water partition coefficient (Wildman–Crippen LogP) is 1.81. The van der Waals surface area contributed by atoms with E-state index < -0.39 is 0 Å². The number of nitrogens with one attached hydrogen (secondary N) is 1. The SMILES string of the molecule is CNC(CN1CCOC(C)C1)c1ccccc1F. The van der Waals surface area contributed by atoms with Crippen LogP contribution in [0.25, 0.3) is 0 Å². The Morgan fingerprint density at radius 3 is 2.94 bits per heavy atom. The molecule has 0 spiro atoms. The van der Waals surface area contributed by atoms with E-state index in [0.29, 0.717) is 0 Å². The Balaban J connectivity index is 2.03. The molecule has 1 fully saturated rings. The van der Waals surface area contributed by atoms with Crippen LogP contribution in [-0.4, -0.2) is 44.3 Å². The van der Waals surface area contributed by atoms with Gasteiger partial charge in [-0.1, -0.05) is 18.2 Å². The van der Waals surface area contributed by atoms with Crippen molar-refractivity contribution in [3.63, 3.8) is 0 Å². The summed E-state index contributed by atoms with van der Waals surface area (Å²) in [5, 5.41) is 3.20. The van der Waals surface area contributed by atoms with Crippen molar-refractivity contribution >= 4 is 0 Å². The summed E-state index contributed by atoms with van der Waals surface area (Å²) in [6.45, 7) is 5.47. The van der Waals surface area contributed by atoms with Gasteiger partial charge in [-0.05, 0) is 20.0 Å². The Kier molecular flexibility index (Phi) is 4.69. The fourth-order valence-electron chi connectivity index (χ4n) is 2.42. The van der Waals surface area contributed by atoms with E-state index in [-0.39, 0.29) is 18.0 Å². The van der Waals surface area contributed by atoms with Crippen LogP contribution in [0.5, 0.6) is 0 Å². The van der Waals surface area contributed by atoms with Gasteiger partial charge in [-0.3, -0.25) is 4.90 Å². The first-order valence-electron chi connectivity index (χ1n) is 6.46. The topological polar surface area (TPSA) is 24.5 Å². The average molecular weight is 252 g/mol. The van der Waals surface area contributed by atoms with E-state index in [0.717, 1.165) is 31.8 Å². The smallest absolute Gasteiger partial charge is 0.128 e. The molecule has 0 saturated carbocycles. The summed E-state index contributed by atoms with van der Waals surface area (Å²) in [4.78, 5) is 2.32. The Labute approximate surface area is 108 Å². The van der Waals surface area contributed by atoms with Crippen molar-refractivity contribution in [2.45, 2.75) is 19.1 Å². The second kappa shape index (κ2) is 6.27. The molecule has 1 N–H and O–H groups in total. The van der Waals surface area contributed by atoms with Gasteiger partial charge in [0, 0.05) is 31.2 Å². The van der Waals surface area contributed by atoms with Crippen molar-refractivity contribution < 1.29 is 9.13 Å². The zero-order chi connectivity index (χ0) is 13.0. The van der Waals surface area contributed by atoms with Gasteiger partial charge in [-0.15, -0.1) is 0 Å². The standard InChI is InChI=1S/C14H21FN2O/c1-11-9-17(7-8-18-11)10-14(16-2)12-5-3-4-6-13(12)15/h3-6,11,14,16H,7-10H2,1-2H3. The van der Waals surface area contributed by atoms with Crippen LogP contribution in [0.2, 0.25) is 0 Å². The van der Waals surface area contributed by atoms with Gasteiger partial charge >= 0.3 is 0 Å². The highest BCUT2D eigenvalue weighted by atomic mass is 19.1. The van der Waals surface area contributed by atoms with E-state index in [1.54, 1.807) is 6.07 Å². The molecule has 0 aromatic heterocycles. The first-order valence-corrected chi connectivity index (χ1v) is 6.46. The van der Waals surface area contributed by atoms with Crippen molar-refractivity contribution in [2.75, 3.05) is 33.3 Å². The number of hydrogen-bond acceptors (Lipinski definition) is 3. The minimum Gasteiger partial charge on any atom is -0.376 e. The normalized spacial score (nSPS) is 22.9. The lowest BCUT2D eigenvalue weighted by Crippen LogP contribution is -2.44. The lowest BCUT2D eigenvalue weighted by Gasteiger charge is -2.33. The third-order valence-electron chi connectivity index (χ3n) is 3.40. The maximum Gasteiger partial charge on any atom is 0.128 e. The van der Waals surface area contributed by atoms with Crippen molar-refractivity contribution in [1.29, 1.82) is 0 Å². The van der Waals surface area contributed by atoms with Gasteiger partial charge in [-0.25, -0.2) is 4.39 Å². The van der Waals surface area contributed by atoms with Gasteiger partial charge < -0.3 is 10.1 Å². The Morgan fingerprint density at radius 1 is 1.50 bits per heavy atom. The molecule has 4 heteroatoms. The monoisotopic (exact) mass is 252 g/mol. The van der Waals surface area contributed by atoms with Crippen molar-refractivity contribution in [3.8, 4) is 0 Å². The third kappa shape index (κ3) is 3.28. The molecule has 0 amide bonds. The number of morpholine rings is 1. The van der Waals surface area contributed by atoms with Gasteiger partial charge in [0.15, 0.2) is 0 Å². The average Bonchev–Trinajstić information content (AvgIpc) is 2.37. The van der Waals surface area contributed by atoms with Crippen molar-refractivity contribution in [3.05, 3.63) is 35.6 Å². The van der Waals surface area contributed by atoms with E-state index in [1.807, 2.05) is 19.2 Å². The fraction of sp³-hybridized carbons (Fsp3) is 0.571. The molecule has 0 radical (unpaired) electrons. The van der Waals surface area contributed by atoms with Gasteiger partial charge in [0.05, 0.1) is 12.7 Å². The Morgan fingerprint density at radius 2 is 2.28 bits per heavy atom. The third-order valence-corrected chi connectivity index (χ3v) is 3.40. The maximum atomic E-state index is 13.8. The zero-order valence-corrected chi connectivity index (χ0v) is 11.0. The van der Waals surface area contributed by atoms with E-state index in [2.05, 4.69) is 17.1 Å². The maximum absolute atomic E-state index is 13.8. The summed E-state index contributed by atoms with van der Waals surface area (Å²) in [6.07, 6.45) is 0.261. The minimum absolute atomic E-state index is 0.0245. The molecular weight excluding hydrogens is 231 g/mol. The van der Waals surface area contributed by atoms with Crippen LogP contribution < -0.4 is 5.32 Å². The molecule has 0 bridgehead atoms. The number of likely N-dealkylation sites (N-methyl/N-ethyl adjacent to an activating group) is 1. The number of halogens is 1. The molecule has 2 atom stereocenters. The first kappa shape index (κ1) is 13.5. The highest BCUT2D eigenvalue weighted by Crippen LogP contribution is 2.18.